The van der Waals surface area contributed by atoms with Gasteiger partial charge in [-0.05, 0) is 11.4 Å². The van der Waals surface area contributed by atoms with Crippen molar-refractivity contribution >= 4 is 15.9 Å². The Kier molecular flexibility index (Phi) is 5.34. The van der Waals surface area contributed by atoms with Crippen molar-refractivity contribution in [2.24, 2.45) is 0 Å². The Hall–Kier alpha value is 0.180. The van der Waals surface area contributed by atoms with Crippen molar-refractivity contribution < 1.29 is 5.11 Å². The molecule has 0 unspecified atom stereocenters. The van der Waals surface area contributed by atoms with Crippen molar-refractivity contribution in [3.05, 3.63) is 11.1 Å². The average molecular weight is 151 g/mol. The molecule has 0 aliphatic heterocycles. The van der Waals surface area contributed by atoms with E-state index in [9.17, 15) is 0 Å². The van der Waals surface area contributed by atoms with Crippen molar-refractivity contribution in [3.8, 4) is 0 Å². The lowest BCUT2D eigenvalue weighted by Gasteiger charge is -1.75. The summed E-state index contributed by atoms with van der Waals surface area (Å²) in [5.74, 6) is 0. The van der Waals surface area contributed by atoms with Crippen LogP contribution in [0.5, 0.6) is 0 Å². The lowest BCUT2D eigenvalue weighted by atomic mass is 10.5. The van der Waals surface area contributed by atoms with Gasteiger partial charge in [-0.2, -0.15) is 0 Å². The Balaban J connectivity index is 2.66. The summed E-state index contributed by atoms with van der Waals surface area (Å²) >= 11 is 3.06. The minimum absolute atomic E-state index is 0.238. The molecule has 0 radical (unpaired) electrons. The molecule has 36 valence electrons. The van der Waals surface area contributed by atoms with E-state index in [1.54, 1.807) is 4.99 Å². The van der Waals surface area contributed by atoms with E-state index in [4.69, 9.17) is 5.11 Å². The maximum absolute atomic E-state index is 8.13. The summed E-state index contributed by atoms with van der Waals surface area (Å²) in [6.07, 6.45) is 2.59. The molecule has 1 nitrogen and oxygen atoms in total. The van der Waals surface area contributed by atoms with Gasteiger partial charge in [0.2, 0.25) is 0 Å². The predicted octanol–water partition coefficient (Wildman–Crippen LogP) is 1.28. The molecule has 0 bridgehead atoms. The SMILES string of the molecule is OCC/C=C/Br. The minimum Gasteiger partial charge on any atom is -0.396 e. The van der Waals surface area contributed by atoms with Crippen LogP contribution in [0.2, 0.25) is 0 Å². The summed E-state index contributed by atoms with van der Waals surface area (Å²) in [5, 5.41) is 8.13. The zero-order chi connectivity index (χ0) is 4.83. The van der Waals surface area contributed by atoms with Crippen LogP contribution in [-0.2, 0) is 0 Å². The van der Waals surface area contributed by atoms with Gasteiger partial charge in [0.05, 0.1) is 0 Å². The fraction of sp³-hybridized carbons (Fsp3) is 0.500. The molecule has 0 spiro atoms. The van der Waals surface area contributed by atoms with E-state index in [2.05, 4.69) is 15.9 Å². The number of aliphatic hydroxyl groups is 1. The van der Waals surface area contributed by atoms with Gasteiger partial charge in [-0.3, -0.25) is 0 Å². The van der Waals surface area contributed by atoms with Gasteiger partial charge in [-0.15, -0.1) is 0 Å². The maximum atomic E-state index is 8.13. The molecule has 0 aromatic carbocycles. The lowest BCUT2D eigenvalue weighted by Crippen LogP contribution is -1.72. The quantitative estimate of drug-likeness (QED) is 0.630. The summed E-state index contributed by atoms with van der Waals surface area (Å²) in [7, 11) is 0. The van der Waals surface area contributed by atoms with E-state index in [-0.39, 0.29) is 6.61 Å². The molecule has 0 atom stereocenters. The van der Waals surface area contributed by atoms with Gasteiger partial charge in [-0.25, -0.2) is 0 Å². The van der Waals surface area contributed by atoms with E-state index >= 15 is 0 Å². The highest BCUT2D eigenvalue weighted by atomic mass is 79.9. The van der Waals surface area contributed by atoms with Crippen LogP contribution < -0.4 is 0 Å². The van der Waals surface area contributed by atoms with E-state index in [1.807, 2.05) is 6.08 Å². The first-order valence-electron chi connectivity index (χ1n) is 1.78. The number of halogens is 1. The van der Waals surface area contributed by atoms with Gasteiger partial charge in [-0.1, -0.05) is 22.0 Å². The molecule has 0 aliphatic carbocycles. The second-order valence-electron chi connectivity index (χ2n) is 0.874. The third-order valence-corrected chi connectivity index (χ3v) is 0.759. The highest BCUT2D eigenvalue weighted by Gasteiger charge is 1.66. The van der Waals surface area contributed by atoms with Gasteiger partial charge >= 0.3 is 0 Å². The fourth-order valence-electron chi connectivity index (χ4n) is 0.138. The van der Waals surface area contributed by atoms with Crippen LogP contribution in [-0.4, -0.2) is 11.7 Å². The van der Waals surface area contributed by atoms with Crippen LogP contribution in [0.4, 0.5) is 0 Å². The Bertz CT molecular complexity index is 42.8. The number of aliphatic hydroxyl groups excluding tert-OH is 1. The van der Waals surface area contributed by atoms with Crippen LogP contribution in [0.25, 0.3) is 0 Å². The van der Waals surface area contributed by atoms with E-state index in [1.165, 1.54) is 0 Å². The minimum atomic E-state index is 0.238. The topological polar surface area (TPSA) is 20.2 Å². The molecule has 0 aliphatic rings. The number of hydrogen-bond acceptors (Lipinski definition) is 1. The molecule has 0 saturated heterocycles. The molecule has 6 heavy (non-hydrogen) atoms. The molecule has 0 heterocycles. The standard InChI is InChI=1S/C4H7BrO/c5-3-1-2-4-6/h1,3,6H,2,4H2/b3-1+. The fourth-order valence-corrected chi connectivity index (χ4v) is 0.402. The van der Waals surface area contributed by atoms with Crippen molar-refractivity contribution in [1.82, 2.24) is 0 Å². The Morgan fingerprint density at radius 2 is 2.33 bits per heavy atom. The normalized spacial score (nSPS) is 10.3. The molecular weight excluding hydrogens is 144 g/mol. The number of rotatable bonds is 2. The van der Waals surface area contributed by atoms with Crippen LogP contribution in [0, 0.1) is 0 Å². The molecule has 2 heteroatoms. The molecule has 0 fully saturated rings. The summed E-state index contributed by atoms with van der Waals surface area (Å²) in [6.45, 7) is 0.238. The summed E-state index contributed by atoms with van der Waals surface area (Å²) < 4.78 is 0. The largest absolute Gasteiger partial charge is 0.396 e. The van der Waals surface area contributed by atoms with Crippen LogP contribution >= 0.6 is 15.9 Å². The number of hydrogen-bond donors (Lipinski definition) is 1. The van der Waals surface area contributed by atoms with Crippen molar-refractivity contribution in [2.45, 2.75) is 6.42 Å². The molecule has 0 aromatic rings. The summed E-state index contributed by atoms with van der Waals surface area (Å²) in [6, 6.07) is 0. The smallest absolute Gasteiger partial charge is 0.0465 e. The molecule has 0 saturated carbocycles. The van der Waals surface area contributed by atoms with Crippen molar-refractivity contribution in [3.63, 3.8) is 0 Å². The van der Waals surface area contributed by atoms with Crippen molar-refractivity contribution in [1.29, 1.82) is 0 Å². The highest BCUT2D eigenvalue weighted by Crippen LogP contribution is 1.84. The van der Waals surface area contributed by atoms with E-state index in [0.717, 1.165) is 6.42 Å². The van der Waals surface area contributed by atoms with Gasteiger partial charge < -0.3 is 5.11 Å². The van der Waals surface area contributed by atoms with Crippen LogP contribution in [0.3, 0.4) is 0 Å². The molecule has 0 rings (SSSR count). The Morgan fingerprint density at radius 3 is 2.50 bits per heavy atom. The summed E-state index contributed by atoms with van der Waals surface area (Å²) in [4.78, 5) is 1.74. The maximum Gasteiger partial charge on any atom is 0.0465 e. The average Bonchev–Trinajstić information content (AvgIpc) is 1.61. The second-order valence-corrected chi connectivity index (χ2v) is 1.40. The van der Waals surface area contributed by atoms with Crippen LogP contribution in [0.1, 0.15) is 6.42 Å². The van der Waals surface area contributed by atoms with Crippen LogP contribution in [0.15, 0.2) is 11.1 Å². The van der Waals surface area contributed by atoms with E-state index in [0.29, 0.717) is 0 Å². The summed E-state index contributed by atoms with van der Waals surface area (Å²) in [5.41, 5.74) is 0. The Morgan fingerprint density at radius 1 is 1.67 bits per heavy atom. The van der Waals surface area contributed by atoms with Gasteiger partial charge in [0, 0.05) is 6.61 Å². The Labute approximate surface area is 45.8 Å². The van der Waals surface area contributed by atoms with E-state index < -0.39 is 0 Å². The third kappa shape index (κ3) is 4.18. The van der Waals surface area contributed by atoms with Crippen molar-refractivity contribution in [2.75, 3.05) is 6.61 Å². The molecule has 0 aromatic heterocycles. The second kappa shape index (κ2) is 5.18. The third-order valence-electron chi connectivity index (χ3n) is 0.385. The molecular formula is C4H7BrO. The lowest BCUT2D eigenvalue weighted by molar-refractivity contribution is 0.303. The first kappa shape index (κ1) is 6.18. The van der Waals surface area contributed by atoms with Gasteiger partial charge in [0.15, 0.2) is 0 Å². The molecule has 1 N–H and O–H groups in total. The zero-order valence-electron chi connectivity index (χ0n) is 3.39. The first-order valence-corrected chi connectivity index (χ1v) is 2.69. The monoisotopic (exact) mass is 150 g/mol. The van der Waals surface area contributed by atoms with Gasteiger partial charge in [0.1, 0.15) is 0 Å². The zero-order valence-corrected chi connectivity index (χ0v) is 4.98. The van der Waals surface area contributed by atoms with Gasteiger partial charge in [0.25, 0.3) is 0 Å². The highest BCUT2D eigenvalue weighted by molar-refractivity contribution is 9.11. The predicted molar refractivity (Wildman–Crippen MR) is 29.8 cm³/mol. The first-order chi connectivity index (χ1) is 2.91. The molecule has 0 amide bonds.